The number of carbonyl (C=O) groups is 2. The molecule has 3 aromatic rings. The molecule has 154 valence electrons. The Kier molecular flexibility index (Phi) is 5.35. The van der Waals surface area contributed by atoms with E-state index in [2.05, 4.69) is 23.2 Å². The Labute approximate surface area is 174 Å². The molecule has 0 saturated carbocycles. The third-order valence-electron chi connectivity index (χ3n) is 5.56. The molecule has 1 saturated heterocycles. The zero-order valence-corrected chi connectivity index (χ0v) is 17.0. The summed E-state index contributed by atoms with van der Waals surface area (Å²) >= 11 is 0. The minimum Gasteiger partial charge on any atom is -0.335 e. The van der Waals surface area contributed by atoms with Crippen molar-refractivity contribution in [3.63, 3.8) is 0 Å². The number of amides is 2. The van der Waals surface area contributed by atoms with Crippen molar-refractivity contribution in [3.05, 3.63) is 76.7 Å². The molecule has 0 bridgehead atoms. The van der Waals surface area contributed by atoms with Gasteiger partial charge >= 0.3 is 0 Å². The number of halogens is 1. The van der Waals surface area contributed by atoms with Crippen LogP contribution in [0.5, 0.6) is 0 Å². The summed E-state index contributed by atoms with van der Waals surface area (Å²) in [6.07, 6.45) is 0. The van der Waals surface area contributed by atoms with Crippen LogP contribution in [0.3, 0.4) is 0 Å². The maximum Gasteiger partial charge on any atom is 0.272 e. The number of carbonyl (C=O) groups excluding carboxylic acids is 2. The molecule has 0 radical (unpaired) electrons. The Morgan fingerprint density at radius 1 is 0.867 bits per heavy atom. The molecule has 0 atom stereocenters. The number of rotatable bonds is 3. The molecular formula is C23H23FN4O2. The molecule has 30 heavy (non-hydrogen) atoms. The first-order chi connectivity index (χ1) is 14.4. The van der Waals surface area contributed by atoms with Gasteiger partial charge in [-0.1, -0.05) is 12.1 Å². The first kappa shape index (κ1) is 19.8. The van der Waals surface area contributed by atoms with Crippen LogP contribution in [0, 0.1) is 19.7 Å². The number of nitrogens with one attached hydrogen (secondary N) is 1. The number of hydrogen-bond donors (Lipinski definition) is 1. The summed E-state index contributed by atoms with van der Waals surface area (Å²) in [5.41, 5.74) is 4.95. The fourth-order valence-corrected chi connectivity index (χ4v) is 3.54. The van der Waals surface area contributed by atoms with Gasteiger partial charge in [0.2, 0.25) is 0 Å². The molecule has 1 aliphatic rings. The molecule has 0 unspecified atom stereocenters. The van der Waals surface area contributed by atoms with Crippen molar-refractivity contribution in [1.82, 2.24) is 20.0 Å². The quantitative estimate of drug-likeness (QED) is 0.725. The van der Waals surface area contributed by atoms with Gasteiger partial charge in [0.25, 0.3) is 11.8 Å². The van der Waals surface area contributed by atoms with Gasteiger partial charge in [-0.05, 0) is 61.4 Å². The van der Waals surface area contributed by atoms with Crippen LogP contribution in [0.15, 0.2) is 48.5 Å². The van der Waals surface area contributed by atoms with E-state index < -0.39 is 0 Å². The standard InChI is InChI=1S/C23H23FN4O2/c1-15-3-4-18(13-16(15)2)20-14-21(26-25-20)23(30)28-11-9-27(10-12-28)22(29)17-5-7-19(24)8-6-17/h3-8,13-14H,9-12H2,1-2H3,(H,25,26). The number of hydrogen-bond acceptors (Lipinski definition) is 3. The summed E-state index contributed by atoms with van der Waals surface area (Å²) in [7, 11) is 0. The predicted molar refractivity (Wildman–Crippen MR) is 112 cm³/mol. The Morgan fingerprint density at radius 2 is 1.50 bits per heavy atom. The van der Waals surface area contributed by atoms with Gasteiger partial charge in [-0.3, -0.25) is 14.7 Å². The van der Waals surface area contributed by atoms with E-state index in [-0.39, 0.29) is 17.6 Å². The summed E-state index contributed by atoms with van der Waals surface area (Å²) in [5, 5.41) is 7.14. The van der Waals surface area contributed by atoms with E-state index in [9.17, 15) is 14.0 Å². The first-order valence-electron chi connectivity index (χ1n) is 9.89. The van der Waals surface area contributed by atoms with Crippen molar-refractivity contribution < 1.29 is 14.0 Å². The summed E-state index contributed by atoms with van der Waals surface area (Å²) in [4.78, 5) is 28.8. The fraction of sp³-hybridized carbons (Fsp3) is 0.261. The van der Waals surface area contributed by atoms with Gasteiger partial charge < -0.3 is 9.80 Å². The third kappa shape index (κ3) is 3.96. The van der Waals surface area contributed by atoms with Gasteiger partial charge in [-0.2, -0.15) is 5.10 Å². The highest BCUT2D eigenvalue weighted by Crippen LogP contribution is 2.22. The van der Waals surface area contributed by atoms with Gasteiger partial charge in [0.1, 0.15) is 11.5 Å². The molecule has 4 rings (SSSR count). The Balaban J connectivity index is 1.40. The number of aromatic amines is 1. The van der Waals surface area contributed by atoms with E-state index in [4.69, 9.17) is 0 Å². The lowest BCUT2D eigenvalue weighted by molar-refractivity contribution is 0.0532. The van der Waals surface area contributed by atoms with Crippen LogP contribution in [0.2, 0.25) is 0 Å². The molecule has 1 aromatic heterocycles. The van der Waals surface area contributed by atoms with Crippen molar-refractivity contribution in [2.75, 3.05) is 26.2 Å². The van der Waals surface area contributed by atoms with Gasteiger partial charge in [0.05, 0.1) is 5.69 Å². The average Bonchev–Trinajstić information content (AvgIpc) is 3.25. The summed E-state index contributed by atoms with van der Waals surface area (Å²) in [6, 6.07) is 13.4. The van der Waals surface area contributed by atoms with Crippen LogP contribution in [0.1, 0.15) is 32.0 Å². The SMILES string of the molecule is Cc1ccc(-c2cc(C(=O)N3CCN(C(=O)c4ccc(F)cc4)CC3)[nH]n2)cc1C. The Bertz CT molecular complexity index is 1080. The maximum absolute atomic E-state index is 13.1. The molecule has 1 N–H and O–H groups in total. The van der Waals surface area contributed by atoms with Crippen LogP contribution in [-0.4, -0.2) is 58.0 Å². The molecule has 2 aromatic carbocycles. The van der Waals surface area contributed by atoms with Crippen molar-refractivity contribution in [2.45, 2.75) is 13.8 Å². The predicted octanol–water partition coefficient (Wildman–Crippen LogP) is 3.43. The van der Waals surface area contributed by atoms with Gasteiger partial charge in [0.15, 0.2) is 0 Å². The topological polar surface area (TPSA) is 69.3 Å². The number of nitrogens with zero attached hydrogens (tertiary/aromatic N) is 3. The van der Waals surface area contributed by atoms with Crippen LogP contribution in [0.25, 0.3) is 11.3 Å². The van der Waals surface area contributed by atoms with Crippen LogP contribution >= 0.6 is 0 Å². The average molecular weight is 406 g/mol. The minimum absolute atomic E-state index is 0.133. The van der Waals surface area contributed by atoms with Crippen molar-refractivity contribution >= 4 is 11.8 Å². The van der Waals surface area contributed by atoms with Crippen LogP contribution in [-0.2, 0) is 0 Å². The number of aromatic nitrogens is 2. The molecule has 0 aliphatic carbocycles. The van der Waals surface area contributed by atoms with E-state index in [0.29, 0.717) is 37.4 Å². The number of H-pyrrole nitrogens is 1. The van der Waals surface area contributed by atoms with E-state index in [0.717, 1.165) is 11.3 Å². The molecule has 6 nitrogen and oxygen atoms in total. The first-order valence-corrected chi connectivity index (χ1v) is 9.89. The van der Waals surface area contributed by atoms with Crippen molar-refractivity contribution in [2.24, 2.45) is 0 Å². The van der Waals surface area contributed by atoms with E-state index in [1.54, 1.807) is 15.9 Å². The summed E-state index contributed by atoms with van der Waals surface area (Å²) < 4.78 is 13.1. The maximum atomic E-state index is 13.1. The van der Waals surface area contributed by atoms with Gasteiger partial charge in [-0.15, -0.1) is 0 Å². The van der Waals surface area contributed by atoms with E-state index in [1.807, 2.05) is 19.1 Å². The van der Waals surface area contributed by atoms with Crippen molar-refractivity contribution in [1.29, 1.82) is 0 Å². The van der Waals surface area contributed by atoms with Crippen molar-refractivity contribution in [3.8, 4) is 11.3 Å². The fourth-order valence-electron chi connectivity index (χ4n) is 3.54. The molecule has 7 heteroatoms. The molecule has 0 spiro atoms. The van der Waals surface area contributed by atoms with Crippen LogP contribution in [0.4, 0.5) is 4.39 Å². The number of piperazine rings is 1. The summed E-state index contributed by atoms with van der Waals surface area (Å²) in [6.45, 7) is 5.83. The molecule has 1 aliphatic heterocycles. The van der Waals surface area contributed by atoms with Crippen LogP contribution < -0.4 is 0 Å². The lowest BCUT2D eigenvalue weighted by atomic mass is 10.0. The second-order valence-electron chi connectivity index (χ2n) is 7.56. The largest absolute Gasteiger partial charge is 0.335 e. The lowest BCUT2D eigenvalue weighted by Gasteiger charge is -2.34. The Morgan fingerprint density at radius 3 is 2.13 bits per heavy atom. The second kappa shape index (κ2) is 8.10. The highest BCUT2D eigenvalue weighted by Gasteiger charge is 2.26. The summed E-state index contributed by atoms with van der Waals surface area (Å²) in [5.74, 6) is -0.658. The lowest BCUT2D eigenvalue weighted by Crippen LogP contribution is -2.50. The highest BCUT2D eigenvalue weighted by atomic mass is 19.1. The zero-order valence-electron chi connectivity index (χ0n) is 17.0. The third-order valence-corrected chi connectivity index (χ3v) is 5.56. The number of benzene rings is 2. The monoisotopic (exact) mass is 406 g/mol. The molecule has 2 heterocycles. The minimum atomic E-state index is -0.373. The van der Waals surface area contributed by atoms with E-state index in [1.165, 1.54) is 35.4 Å². The van der Waals surface area contributed by atoms with Gasteiger partial charge in [0, 0.05) is 37.3 Å². The van der Waals surface area contributed by atoms with Gasteiger partial charge in [-0.25, -0.2) is 4.39 Å². The zero-order chi connectivity index (χ0) is 21.3. The normalized spacial score (nSPS) is 14.1. The molecule has 2 amide bonds. The molecular weight excluding hydrogens is 383 g/mol. The molecule has 1 fully saturated rings. The smallest absolute Gasteiger partial charge is 0.272 e. The highest BCUT2D eigenvalue weighted by molar-refractivity contribution is 5.95. The second-order valence-corrected chi connectivity index (χ2v) is 7.56. The number of aryl methyl sites for hydroxylation is 2. The van der Waals surface area contributed by atoms with E-state index >= 15 is 0 Å². The Hall–Kier alpha value is -3.48.